The van der Waals surface area contributed by atoms with Crippen molar-refractivity contribution in [3.63, 3.8) is 0 Å². The number of rotatable bonds is 0. The Kier molecular flexibility index (Phi) is 2.01. The fourth-order valence-electron chi connectivity index (χ4n) is 1.90. The van der Waals surface area contributed by atoms with Gasteiger partial charge in [-0.15, -0.1) is 0 Å². The van der Waals surface area contributed by atoms with E-state index in [0.29, 0.717) is 6.04 Å². The molecule has 1 heterocycles. The van der Waals surface area contributed by atoms with Crippen LogP contribution in [0.15, 0.2) is 0 Å². The van der Waals surface area contributed by atoms with Crippen molar-refractivity contribution >= 4 is 0 Å². The smallest absolute Gasteiger partial charge is 0.0281 e. The Morgan fingerprint density at radius 3 is 2.18 bits per heavy atom. The topological polar surface area (TPSA) is 38.0 Å². The standard InChI is InChI=1S/C9H20N2/c1-8(2)6-5-7(10)9(3,4)11-8/h7,11H,5-6,10H2,1-4H3. The van der Waals surface area contributed by atoms with E-state index in [1.807, 2.05) is 0 Å². The van der Waals surface area contributed by atoms with E-state index in [1.54, 1.807) is 0 Å². The highest BCUT2D eigenvalue weighted by Crippen LogP contribution is 2.26. The lowest BCUT2D eigenvalue weighted by Gasteiger charge is -2.46. The van der Waals surface area contributed by atoms with Crippen molar-refractivity contribution < 1.29 is 0 Å². The fraction of sp³-hybridized carbons (Fsp3) is 1.00. The van der Waals surface area contributed by atoms with E-state index in [-0.39, 0.29) is 11.1 Å². The van der Waals surface area contributed by atoms with Crippen LogP contribution in [0.4, 0.5) is 0 Å². The van der Waals surface area contributed by atoms with Gasteiger partial charge in [0.2, 0.25) is 0 Å². The van der Waals surface area contributed by atoms with Crippen LogP contribution in [0.1, 0.15) is 40.5 Å². The second kappa shape index (κ2) is 2.46. The molecule has 0 spiro atoms. The molecule has 1 rings (SSSR count). The Balaban J connectivity index is 2.67. The Hall–Kier alpha value is -0.0800. The number of nitrogens with one attached hydrogen (secondary N) is 1. The molecule has 3 N–H and O–H groups in total. The number of nitrogens with two attached hydrogens (primary N) is 1. The zero-order valence-electron chi connectivity index (χ0n) is 8.07. The van der Waals surface area contributed by atoms with Gasteiger partial charge in [0.05, 0.1) is 0 Å². The Bertz CT molecular complexity index is 150. The molecule has 0 aromatic heterocycles. The molecule has 0 bridgehead atoms. The van der Waals surface area contributed by atoms with Gasteiger partial charge in [0.25, 0.3) is 0 Å². The fourth-order valence-corrected chi connectivity index (χ4v) is 1.90. The average Bonchev–Trinajstić information content (AvgIpc) is 1.77. The molecule has 1 unspecified atom stereocenters. The number of piperidine rings is 1. The maximum Gasteiger partial charge on any atom is 0.0281 e. The highest BCUT2D eigenvalue weighted by molar-refractivity contribution is 5.00. The first-order valence-corrected chi connectivity index (χ1v) is 4.38. The zero-order chi connectivity index (χ0) is 8.70. The third-order valence-corrected chi connectivity index (χ3v) is 2.67. The van der Waals surface area contributed by atoms with Crippen molar-refractivity contribution in [1.29, 1.82) is 0 Å². The summed E-state index contributed by atoms with van der Waals surface area (Å²) >= 11 is 0. The van der Waals surface area contributed by atoms with Gasteiger partial charge in [-0.3, -0.25) is 0 Å². The van der Waals surface area contributed by atoms with Gasteiger partial charge >= 0.3 is 0 Å². The van der Waals surface area contributed by atoms with Gasteiger partial charge in [0.1, 0.15) is 0 Å². The Morgan fingerprint density at radius 2 is 1.82 bits per heavy atom. The molecule has 0 radical (unpaired) electrons. The second-order valence-corrected chi connectivity index (χ2v) is 4.88. The van der Waals surface area contributed by atoms with Gasteiger partial charge in [-0.1, -0.05) is 0 Å². The van der Waals surface area contributed by atoms with E-state index in [4.69, 9.17) is 5.73 Å². The van der Waals surface area contributed by atoms with Gasteiger partial charge < -0.3 is 11.1 Å². The monoisotopic (exact) mass is 156 g/mol. The molecule has 1 saturated heterocycles. The first kappa shape index (κ1) is 9.01. The van der Waals surface area contributed by atoms with Gasteiger partial charge in [0, 0.05) is 17.1 Å². The van der Waals surface area contributed by atoms with Crippen LogP contribution < -0.4 is 11.1 Å². The average molecular weight is 156 g/mol. The molecule has 2 nitrogen and oxygen atoms in total. The van der Waals surface area contributed by atoms with Gasteiger partial charge in [-0.25, -0.2) is 0 Å². The lowest BCUT2D eigenvalue weighted by molar-refractivity contribution is 0.157. The van der Waals surface area contributed by atoms with E-state index >= 15 is 0 Å². The van der Waals surface area contributed by atoms with Crippen LogP contribution >= 0.6 is 0 Å². The predicted molar refractivity (Wildman–Crippen MR) is 48.5 cm³/mol. The first-order chi connectivity index (χ1) is 4.83. The molecule has 1 aliphatic heterocycles. The number of hydrogen-bond donors (Lipinski definition) is 2. The van der Waals surface area contributed by atoms with Gasteiger partial charge in [-0.05, 0) is 40.5 Å². The van der Waals surface area contributed by atoms with E-state index in [2.05, 4.69) is 33.0 Å². The second-order valence-electron chi connectivity index (χ2n) is 4.88. The van der Waals surface area contributed by atoms with E-state index in [1.165, 1.54) is 6.42 Å². The third kappa shape index (κ3) is 1.94. The SMILES string of the molecule is CC1(C)CCC(N)C(C)(C)N1. The quantitative estimate of drug-likeness (QED) is 0.554. The van der Waals surface area contributed by atoms with Crippen molar-refractivity contribution in [2.24, 2.45) is 5.73 Å². The maximum absolute atomic E-state index is 5.97. The van der Waals surface area contributed by atoms with E-state index in [0.717, 1.165) is 6.42 Å². The summed E-state index contributed by atoms with van der Waals surface area (Å²) in [6, 6.07) is 0.301. The molecule has 1 fully saturated rings. The first-order valence-electron chi connectivity index (χ1n) is 4.38. The minimum Gasteiger partial charge on any atom is -0.326 e. The molecule has 0 aliphatic carbocycles. The summed E-state index contributed by atoms with van der Waals surface area (Å²) in [7, 11) is 0. The molecule has 1 aliphatic rings. The van der Waals surface area contributed by atoms with Crippen LogP contribution in [0.3, 0.4) is 0 Å². The maximum atomic E-state index is 5.97. The lowest BCUT2D eigenvalue weighted by atomic mass is 9.79. The number of hydrogen-bond acceptors (Lipinski definition) is 2. The van der Waals surface area contributed by atoms with Gasteiger partial charge in [-0.2, -0.15) is 0 Å². The third-order valence-electron chi connectivity index (χ3n) is 2.67. The van der Waals surface area contributed by atoms with Crippen molar-refractivity contribution in [2.75, 3.05) is 0 Å². The molecule has 0 aromatic carbocycles. The van der Waals surface area contributed by atoms with Gasteiger partial charge in [0.15, 0.2) is 0 Å². The molecule has 66 valence electrons. The highest BCUT2D eigenvalue weighted by Gasteiger charge is 2.37. The van der Waals surface area contributed by atoms with Crippen LogP contribution in [0.5, 0.6) is 0 Å². The van der Waals surface area contributed by atoms with Crippen molar-refractivity contribution in [3.05, 3.63) is 0 Å². The van der Waals surface area contributed by atoms with Crippen LogP contribution in [0.2, 0.25) is 0 Å². The predicted octanol–water partition coefficient (Wildman–Crippen LogP) is 1.25. The van der Waals surface area contributed by atoms with E-state index in [9.17, 15) is 0 Å². The van der Waals surface area contributed by atoms with E-state index < -0.39 is 0 Å². The molecule has 11 heavy (non-hydrogen) atoms. The largest absolute Gasteiger partial charge is 0.326 e. The minimum absolute atomic E-state index is 0.0990. The minimum atomic E-state index is 0.0990. The van der Waals surface area contributed by atoms with Crippen LogP contribution in [-0.2, 0) is 0 Å². The molecule has 0 amide bonds. The van der Waals surface area contributed by atoms with Crippen LogP contribution in [-0.4, -0.2) is 17.1 Å². The summed E-state index contributed by atoms with van der Waals surface area (Å²) in [5.41, 5.74) is 6.33. The normalized spacial score (nSPS) is 35.2. The molecule has 0 aromatic rings. The summed E-state index contributed by atoms with van der Waals surface area (Å²) in [5.74, 6) is 0. The summed E-state index contributed by atoms with van der Waals surface area (Å²) in [4.78, 5) is 0. The Morgan fingerprint density at radius 1 is 1.27 bits per heavy atom. The van der Waals surface area contributed by atoms with Crippen molar-refractivity contribution in [3.8, 4) is 0 Å². The molecule has 2 heteroatoms. The highest BCUT2D eigenvalue weighted by atomic mass is 15.1. The van der Waals surface area contributed by atoms with Crippen LogP contribution in [0, 0.1) is 0 Å². The summed E-state index contributed by atoms with van der Waals surface area (Å²) in [5, 5.41) is 3.56. The molecular weight excluding hydrogens is 136 g/mol. The molecule has 1 atom stereocenters. The summed E-state index contributed by atoms with van der Waals surface area (Å²) in [6.07, 6.45) is 2.31. The zero-order valence-corrected chi connectivity index (χ0v) is 8.07. The van der Waals surface area contributed by atoms with Crippen molar-refractivity contribution in [2.45, 2.75) is 57.7 Å². The van der Waals surface area contributed by atoms with Crippen LogP contribution in [0.25, 0.3) is 0 Å². The lowest BCUT2D eigenvalue weighted by Crippen LogP contribution is -2.64. The summed E-state index contributed by atoms with van der Waals surface area (Å²) in [6.45, 7) is 8.83. The Labute approximate surface area is 69.5 Å². The summed E-state index contributed by atoms with van der Waals surface area (Å²) < 4.78 is 0. The molecular formula is C9H20N2. The van der Waals surface area contributed by atoms with Crippen molar-refractivity contribution in [1.82, 2.24) is 5.32 Å². The molecule has 0 saturated carbocycles.